The molecule has 6 nitrogen and oxygen atoms in total. The second-order valence-electron chi connectivity index (χ2n) is 5.05. The van der Waals surface area contributed by atoms with Crippen LogP contribution in [-0.2, 0) is 6.54 Å². The van der Waals surface area contributed by atoms with Crippen molar-refractivity contribution in [3.05, 3.63) is 69.8 Å². The maximum Gasteiger partial charge on any atom is 0.269 e. The predicted molar refractivity (Wildman–Crippen MR) is 85.0 cm³/mol. The molecule has 0 radical (unpaired) electrons. The Labute approximate surface area is 128 Å². The van der Waals surface area contributed by atoms with Crippen LogP contribution in [0.5, 0.6) is 0 Å². The van der Waals surface area contributed by atoms with E-state index >= 15 is 0 Å². The Balaban J connectivity index is 2.00. The summed E-state index contributed by atoms with van der Waals surface area (Å²) in [6.45, 7) is 0.322. The minimum absolute atomic E-state index is 0.0359. The lowest BCUT2D eigenvalue weighted by molar-refractivity contribution is -0.384. The molecule has 6 heteroatoms. The van der Waals surface area contributed by atoms with Crippen molar-refractivity contribution in [3.8, 4) is 0 Å². The normalized spacial score (nSPS) is 10.1. The SMILES string of the molecule is CN(C)c1cccc(C(=O)NCc2ccc([N+](=O)[O-])cc2)c1. The molecule has 0 fully saturated rings. The third-order valence-corrected chi connectivity index (χ3v) is 3.22. The van der Waals surface area contributed by atoms with Gasteiger partial charge in [0.15, 0.2) is 0 Å². The number of hydrogen-bond donors (Lipinski definition) is 1. The molecule has 0 aromatic heterocycles. The molecule has 0 aliphatic carbocycles. The third kappa shape index (κ3) is 3.82. The summed E-state index contributed by atoms with van der Waals surface area (Å²) in [4.78, 5) is 24.2. The highest BCUT2D eigenvalue weighted by Gasteiger charge is 2.08. The highest BCUT2D eigenvalue weighted by atomic mass is 16.6. The number of benzene rings is 2. The van der Waals surface area contributed by atoms with Crippen LogP contribution in [0.3, 0.4) is 0 Å². The van der Waals surface area contributed by atoms with Gasteiger partial charge >= 0.3 is 0 Å². The van der Waals surface area contributed by atoms with Crippen LogP contribution in [0, 0.1) is 10.1 Å². The van der Waals surface area contributed by atoms with Crippen LogP contribution in [-0.4, -0.2) is 24.9 Å². The summed E-state index contributed by atoms with van der Waals surface area (Å²) >= 11 is 0. The molecule has 0 aliphatic heterocycles. The van der Waals surface area contributed by atoms with Crippen molar-refractivity contribution in [3.63, 3.8) is 0 Å². The van der Waals surface area contributed by atoms with Crippen LogP contribution in [0.15, 0.2) is 48.5 Å². The lowest BCUT2D eigenvalue weighted by atomic mass is 10.1. The van der Waals surface area contributed by atoms with Gasteiger partial charge in [-0.2, -0.15) is 0 Å². The molecule has 0 unspecified atom stereocenters. The Morgan fingerprint density at radius 3 is 2.45 bits per heavy atom. The fourth-order valence-electron chi connectivity index (χ4n) is 1.95. The van der Waals surface area contributed by atoms with Crippen LogP contribution in [0.4, 0.5) is 11.4 Å². The molecular formula is C16H17N3O3. The van der Waals surface area contributed by atoms with Crippen molar-refractivity contribution in [1.29, 1.82) is 0 Å². The lowest BCUT2D eigenvalue weighted by Crippen LogP contribution is -2.23. The quantitative estimate of drug-likeness (QED) is 0.680. The first kappa shape index (κ1) is 15.5. The van der Waals surface area contributed by atoms with Gasteiger partial charge in [-0.25, -0.2) is 0 Å². The molecular weight excluding hydrogens is 282 g/mol. The van der Waals surface area contributed by atoms with E-state index < -0.39 is 4.92 Å². The van der Waals surface area contributed by atoms with Crippen molar-refractivity contribution in [2.24, 2.45) is 0 Å². The number of non-ortho nitro benzene ring substituents is 1. The maximum atomic E-state index is 12.1. The fourth-order valence-corrected chi connectivity index (χ4v) is 1.95. The molecule has 114 valence electrons. The first-order valence-electron chi connectivity index (χ1n) is 6.76. The second-order valence-corrected chi connectivity index (χ2v) is 5.05. The molecule has 22 heavy (non-hydrogen) atoms. The average molecular weight is 299 g/mol. The summed E-state index contributed by atoms with van der Waals surface area (Å²) in [6, 6.07) is 13.4. The molecule has 0 saturated carbocycles. The van der Waals surface area contributed by atoms with Gasteiger partial charge in [-0.1, -0.05) is 18.2 Å². The number of nitro benzene ring substituents is 1. The molecule has 0 saturated heterocycles. The molecule has 0 heterocycles. The number of anilines is 1. The number of nitro groups is 1. The van der Waals surface area contributed by atoms with Gasteiger partial charge in [0.2, 0.25) is 0 Å². The molecule has 1 amide bonds. The van der Waals surface area contributed by atoms with Crippen LogP contribution in [0.1, 0.15) is 15.9 Å². The summed E-state index contributed by atoms with van der Waals surface area (Å²) in [6.07, 6.45) is 0. The minimum Gasteiger partial charge on any atom is -0.378 e. The van der Waals surface area contributed by atoms with E-state index in [0.717, 1.165) is 11.3 Å². The minimum atomic E-state index is -0.449. The van der Waals surface area contributed by atoms with Gasteiger partial charge in [-0.05, 0) is 23.8 Å². The van der Waals surface area contributed by atoms with E-state index in [1.54, 1.807) is 18.2 Å². The summed E-state index contributed by atoms with van der Waals surface area (Å²) < 4.78 is 0. The summed E-state index contributed by atoms with van der Waals surface area (Å²) in [7, 11) is 3.82. The predicted octanol–water partition coefficient (Wildman–Crippen LogP) is 2.59. The average Bonchev–Trinajstić information content (AvgIpc) is 2.53. The first-order chi connectivity index (χ1) is 10.5. The van der Waals surface area contributed by atoms with Gasteiger partial charge in [-0.15, -0.1) is 0 Å². The second kappa shape index (κ2) is 6.71. The molecule has 1 N–H and O–H groups in total. The third-order valence-electron chi connectivity index (χ3n) is 3.22. The number of carbonyl (C=O) groups is 1. The number of nitrogens with one attached hydrogen (secondary N) is 1. The maximum absolute atomic E-state index is 12.1. The van der Waals surface area contributed by atoms with Crippen molar-refractivity contribution in [2.75, 3.05) is 19.0 Å². The standard InChI is InChI=1S/C16H17N3O3/c1-18(2)15-5-3-4-13(10-15)16(20)17-11-12-6-8-14(9-7-12)19(21)22/h3-10H,11H2,1-2H3,(H,17,20). The highest BCUT2D eigenvalue weighted by Crippen LogP contribution is 2.14. The van der Waals surface area contributed by atoms with E-state index in [9.17, 15) is 14.9 Å². The number of amides is 1. The zero-order chi connectivity index (χ0) is 16.1. The Kier molecular flexibility index (Phi) is 4.73. The van der Waals surface area contributed by atoms with Crippen LogP contribution in [0.25, 0.3) is 0 Å². The van der Waals surface area contributed by atoms with E-state index in [1.165, 1.54) is 12.1 Å². The number of nitrogens with zero attached hydrogens (tertiary/aromatic N) is 2. The summed E-state index contributed by atoms with van der Waals surface area (Å²) in [5.41, 5.74) is 2.37. The van der Waals surface area contributed by atoms with Gasteiger partial charge < -0.3 is 10.2 Å². The van der Waals surface area contributed by atoms with Gasteiger partial charge in [0, 0.05) is 44.0 Å². The Hall–Kier alpha value is -2.89. The smallest absolute Gasteiger partial charge is 0.269 e. The monoisotopic (exact) mass is 299 g/mol. The first-order valence-corrected chi connectivity index (χ1v) is 6.76. The zero-order valence-electron chi connectivity index (χ0n) is 12.4. The van der Waals surface area contributed by atoms with E-state index in [4.69, 9.17) is 0 Å². The molecule has 2 aromatic carbocycles. The van der Waals surface area contributed by atoms with Gasteiger partial charge in [0.05, 0.1) is 4.92 Å². The molecule has 2 rings (SSSR count). The van der Waals surface area contributed by atoms with Crippen molar-refractivity contribution in [1.82, 2.24) is 5.32 Å². The van der Waals surface area contributed by atoms with Crippen LogP contribution >= 0.6 is 0 Å². The molecule has 0 atom stereocenters. The van der Waals surface area contributed by atoms with E-state index in [0.29, 0.717) is 12.1 Å². The summed E-state index contributed by atoms with van der Waals surface area (Å²) in [5.74, 6) is -0.179. The largest absolute Gasteiger partial charge is 0.378 e. The van der Waals surface area contributed by atoms with Crippen LogP contribution in [0.2, 0.25) is 0 Å². The fraction of sp³-hybridized carbons (Fsp3) is 0.188. The van der Waals surface area contributed by atoms with Gasteiger partial charge in [0.25, 0.3) is 11.6 Å². The van der Waals surface area contributed by atoms with E-state index in [1.807, 2.05) is 37.2 Å². The summed E-state index contributed by atoms with van der Waals surface area (Å²) in [5, 5.41) is 13.4. The van der Waals surface area contributed by atoms with Gasteiger partial charge in [-0.3, -0.25) is 14.9 Å². The van der Waals surface area contributed by atoms with Crippen molar-refractivity contribution in [2.45, 2.75) is 6.54 Å². The Morgan fingerprint density at radius 2 is 1.86 bits per heavy atom. The lowest BCUT2D eigenvalue weighted by Gasteiger charge is -2.13. The molecule has 0 spiro atoms. The number of hydrogen-bond acceptors (Lipinski definition) is 4. The molecule has 0 bridgehead atoms. The van der Waals surface area contributed by atoms with Crippen molar-refractivity contribution >= 4 is 17.3 Å². The molecule has 2 aromatic rings. The number of carbonyl (C=O) groups excluding carboxylic acids is 1. The van der Waals surface area contributed by atoms with Gasteiger partial charge in [0.1, 0.15) is 0 Å². The van der Waals surface area contributed by atoms with E-state index in [-0.39, 0.29) is 11.6 Å². The number of rotatable bonds is 5. The van der Waals surface area contributed by atoms with Crippen molar-refractivity contribution < 1.29 is 9.72 Å². The molecule has 0 aliphatic rings. The zero-order valence-corrected chi connectivity index (χ0v) is 12.4. The topological polar surface area (TPSA) is 75.5 Å². The Morgan fingerprint density at radius 1 is 1.18 bits per heavy atom. The van der Waals surface area contributed by atoms with Crippen LogP contribution < -0.4 is 10.2 Å². The highest BCUT2D eigenvalue weighted by molar-refractivity contribution is 5.95. The Bertz CT molecular complexity index is 681. The van der Waals surface area contributed by atoms with E-state index in [2.05, 4.69) is 5.32 Å².